The fourth-order valence-corrected chi connectivity index (χ4v) is 3.30. The molecule has 0 aromatic heterocycles. The highest BCUT2D eigenvalue weighted by Gasteiger charge is 2.69. The average molecular weight is 424 g/mol. The van der Waals surface area contributed by atoms with Crippen LogP contribution in [0.3, 0.4) is 0 Å². The molecule has 12 heavy (non-hydrogen) atoms. The van der Waals surface area contributed by atoms with Gasteiger partial charge in [0.1, 0.15) is 0 Å². The largest absolute Gasteiger partial charge is 0.297 e. The predicted octanol–water partition coefficient (Wildman–Crippen LogP) is 3.95. The molecule has 1 unspecified atom stereocenters. The van der Waals surface area contributed by atoms with Crippen molar-refractivity contribution in [3.63, 3.8) is 0 Å². The average Bonchev–Trinajstić information content (AvgIpc) is 1.92. The van der Waals surface area contributed by atoms with Crippen LogP contribution in [0, 0.1) is 0 Å². The van der Waals surface area contributed by atoms with Gasteiger partial charge in [-0.1, -0.05) is 71.0 Å². The van der Waals surface area contributed by atoms with Gasteiger partial charge >= 0.3 is 0 Å². The number of ketones is 1. The minimum absolute atomic E-state index is 0.0125. The highest BCUT2D eigenvalue weighted by molar-refractivity contribution is 9.26. The van der Waals surface area contributed by atoms with Crippen LogP contribution in [0.2, 0.25) is 0 Å². The van der Waals surface area contributed by atoms with Crippen molar-refractivity contribution < 1.29 is 4.79 Å². The lowest BCUT2D eigenvalue weighted by atomic mass is 10.3. The standard InChI is InChI=1S/C5H2Br3Cl3O/c6-4(7)2(12)1-3(9,10)5(4,8)11/h1H2. The van der Waals surface area contributed by atoms with E-state index in [0.717, 1.165) is 0 Å². The molecule has 0 aromatic carbocycles. The number of hydrogen-bond acceptors (Lipinski definition) is 1. The lowest BCUT2D eigenvalue weighted by molar-refractivity contribution is -0.117. The van der Waals surface area contributed by atoms with Gasteiger partial charge in [0.15, 0.2) is 17.1 Å². The van der Waals surface area contributed by atoms with Gasteiger partial charge in [-0.3, -0.25) is 4.79 Å². The quantitative estimate of drug-likeness (QED) is 0.539. The first-order chi connectivity index (χ1) is 5.13. The molecule has 7 heteroatoms. The van der Waals surface area contributed by atoms with Gasteiger partial charge in [0, 0.05) is 6.42 Å². The van der Waals surface area contributed by atoms with Crippen LogP contribution < -0.4 is 0 Å². The Hall–Kier alpha value is 1.98. The fraction of sp³-hybridized carbons (Fsp3) is 0.800. The zero-order valence-electron chi connectivity index (χ0n) is 5.38. The van der Waals surface area contributed by atoms with E-state index < -0.39 is 11.4 Å². The lowest BCUT2D eigenvalue weighted by Crippen LogP contribution is -2.42. The number of hydrogen-bond donors (Lipinski definition) is 0. The summed E-state index contributed by atoms with van der Waals surface area (Å²) >= 11 is 27.0. The van der Waals surface area contributed by atoms with Crippen LogP contribution in [0.5, 0.6) is 0 Å². The maximum atomic E-state index is 11.4. The Morgan fingerprint density at radius 3 is 1.67 bits per heavy atom. The summed E-state index contributed by atoms with van der Waals surface area (Å²) in [5, 5.41) is 0. The van der Waals surface area contributed by atoms with E-state index in [4.69, 9.17) is 34.8 Å². The number of Topliss-reactive ketones (excluding diaryl/α,β-unsaturated/α-hetero) is 1. The number of halogens is 6. The summed E-state index contributed by atoms with van der Waals surface area (Å²) in [6.07, 6.45) is -0.0125. The monoisotopic (exact) mass is 420 g/mol. The van der Waals surface area contributed by atoms with E-state index in [0.29, 0.717) is 0 Å². The van der Waals surface area contributed by atoms with Crippen molar-refractivity contribution in [3.05, 3.63) is 0 Å². The zero-order chi connectivity index (χ0) is 9.78. The summed E-state index contributed by atoms with van der Waals surface area (Å²) in [6, 6.07) is 0. The molecule has 1 saturated carbocycles. The van der Waals surface area contributed by atoms with E-state index in [9.17, 15) is 4.79 Å². The third-order valence-electron chi connectivity index (χ3n) is 1.59. The Balaban J connectivity index is 3.19. The molecule has 0 bridgehead atoms. The van der Waals surface area contributed by atoms with E-state index in [1.54, 1.807) is 0 Å². The lowest BCUT2D eigenvalue weighted by Gasteiger charge is -2.31. The molecule has 0 radical (unpaired) electrons. The molecular formula is C5H2Br3Cl3O. The van der Waals surface area contributed by atoms with Crippen molar-refractivity contribution in [3.8, 4) is 0 Å². The molecular weight excluding hydrogens is 422 g/mol. The SMILES string of the molecule is O=C1CC(Cl)(Cl)C(Cl)(Br)C1(Br)Br. The molecule has 0 N–H and O–H groups in total. The Bertz CT molecular complexity index is 238. The fourth-order valence-electron chi connectivity index (χ4n) is 0.828. The van der Waals surface area contributed by atoms with Gasteiger partial charge < -0.3 is 0 Å². The van der Waals surface area contributed by atoms with Crippen molar-refractivity contribution in [1.82, 2.24) is 0 Å². The second-order valence-electron chi connectivity index (χ2n) is 2.45. The highest BCUT2D eigenvalue weighted by atomic mass is 79.9. The molecule has 1 rings (SSSR count). The first-order valence-corrected chi connectivity index (χ1v) is 6.31. The van der Waals surface area contributed by atoms with E-state index in [1.807, 2.05) is 0 Å². The summed E-state index contributed by atoms with van der Waals surface area (Å²) < 4.78 is -3.68. The van der Waals surface area contributed by atoms with E-state index >= 15 is 0 Å². The third-order valence-corrected chi connectivity index (χ3v) is 8.54. The van der Waals surface area contributed by atoms with E-state index in [2.05, 4.69) is 47.8 Å². The smallest absolute Gasteiger partial charge is 0.170 e. The third kappa shape index (κ3) is 1.50. The Labute approximate surface area is 110 Å². The van der Waals surface area contributed by atoms with Gasteiger partial charge in [0.05, 0.1) is 0 Å². The van der Waals surface area contributed by atoms with Gasteiger partial charge in [0.2, 0.25) is 0 Å². The number of carbonyl (C=O) groups excluding carboxylic acids is 1. The molecule has 1 atom stereocenters. The van der Waals surface area contributed by atoms with Crippen molar-refractivity contribution in [2.45, 2.75) is 17.8 Å². The molecule has 0 amide bonds. The van der Waals surface area contributed by atoms with Gasteiger partial charge in [-0.15, -0.1) is 11.6 Å². The predicted molar refractivity (Wildman–Crippen MR) is 62.2 cm³/mol. The number of carbonyl (C=O) groups is 1. The first-order valence-electron chi connectivity index (χ1n) is 2.80. The second-order valence-corrected chi connectivity index (χ2v) is 9.59. The maximum absolute atomic E-state index is 11.4. The van der Waals surface area contributed by atoms with Gasteiger partial charge in [-0.05, 0) is 0 Å². The van der Waals surface area contributed by atoms with Crippen LogP contribution in [0.15, 0.2) is 0 Å². The molecule has 0 spiro atoms. The van der Waals surface area contributed by atoms with Crippen LogP contribution in [-0.4, -0.2) is 17.1 Å². The minimum atomic E-state index is -1.32. The van der Waals surface area contributed by atoms with Gasteiger partial charge in [-0.25, -0.2) is 0 Å². The van der Waals surface area contributed by atoms with E-state index in [-0.39, 0.29) is 12.2 Å². The molecule has 1 aliphatic rings. The summed E-state index contributed by atoms with van der Waals surface area (Å²) in [5.41, 5.74) is 0. The second kappa shape index (κ2) is 3.24. The molecule has 0 aromatic rings. The number of rotatable bonds is 0. The Kier molecular flexibility index (Phi) is 3.25. The normalized spacial score (nSPS) is 38.7. The summed E-state index contributed by atoms with van der Waals surface area (Å²) in [4.78, 5) is 11.4. The molecule has 0 heterocycles. The Morgan fingerprint density at radius 2 is 1.58 bits per heavy atom. The van der Waals surface area contributed by atoms with Crippen molar-refractivity contribution in [2.24, 2.45) is 0 Å². The van der Waals surface area contributed by atoms with Crippen LogP contribution >= 0.6 is 82.6 Å². The van der Waals surface area contributed by atoms with Crippen LogP contribution in [0.25, 0.3) is 0 Å². The van der Waals surface area contributed by atoms with Crippen LogP contribution in [0.1, 0.15) is 6.42 Å². The first kappa shape index (κ1) is 12.1. The highest BCUT2D eigenvalue weighted by Crippen LogP contribution is 2.64. The molecule has 70 valence electrons. The van der Waals surface area contributed by atoms with Crippen molar-refractivity contribution in [2.75, 3.05) is 0 Å². The molecule has 0 saturated heterocycles. The van der Waals surface area contributed by atoms with Gasteiger partial charge in [0.25, 0.3) is 0 Å². The summed E-state index contributed by atoms with van der Waals surface area (Å²) in [6.45, 7) is 0. The van der Waals surface area contributed by atoms with E-state index in [1.165, 1.54) is 0 Å². The number of alkyl halides is 6. The minimum Gasteiger partial charge on any atom is -0.297 e. The summed E-state index contributed by atoms with van der Waals surface area (Å²) in [7, 11) is 0. The maximum Gasteiger partial charge on any atom is 0.170 e. The molecule has 1 aliphatic carbocycles. The Morgan fingerprint density at radius 1 is 1.17 bits per heavy atom. The van der Waals surface area contributed by atoms with Crippen LogP contribution in [-0.2, 0) is 4.79 Å². The van der Waals surface area contributed by atoms with Crippen molar-refractivity contribution in [1.29, 1.82) is 0 Å². The zero-order valence-corrected chi connectivity index (χ0v) is 12.4. The van der Waals surface area contributed by atoms with Gasteiger partial charge in [-0.2, -0.15) is 0 Å². The molecule has 0 aliphatic heterocycles. The van der Waals surface area contributed by atoms with Crippen molar-refractivity contribution >= 4 is 88.4 Å². The topological polar surface area (TPSA) is 17.1 Å². The van der Waals surface area contributed by atoms with Crippen LogP contribution in [0.4, 0.5) is 0 Å². The summed E-state index contributed by atoms with van der Waals surface area (Å²) in [5.74, 6) is -0.195. The molecule has 1 nitrogen and oxygen atoms in total. The molecule has 1 fully saturated rings.